The molecular weight excluding hydrogens is 655 g/mol. The van der Waals surface area contributed by atoms with Gasteiger partial charge >= 0.3 is 0 Å². The molecule has 2 heterocycles. The average molecular weight is 688 g/mol. The second-order valence-corrected chi connectivity index (χ2v) is 13.6. The molecule has 0 saturated heterocycles. The van der Waals surface area contributed by atoms with Crippen LogP contribution in [0.1, 0.15) is 0 Å². The van der Waals surface area contributed by atoms with Gasteiger partial charge in [-0.1, -0.05) is 152 Å². The van der Waals surface area contributed by atoms with E-state index in [1.54, 1.807) is 0 Å². The van der Waals surface area contributed by atoms with Crippen LogP contribution in [-0.4, -0.2) is 15.0 Å². The molecule has 0 bridgehead atoms. The van der Waals surface area contributed by atoms with E-state index in [2.05, 4.69) is 175 Å². The second kappa shape index (κ2) is 13.4. The predicted octanol–water partition coefficient (Wildman–Crippen LogP) is 13.3. The Labute approximate surface area is 313 Å². The van der Waals surface area contributed by atoms with Crippen molar-refractivity contribution in [1.29, 1.82) is 0 Å². The lowest BCUT2D eigenvalue weighted by atomic mass is 9.87. The summed E-state index contributed by atoms with van der Waals surface area (Å²) in [6, 6.07) is 66.7. The first-order valence-corrected chi connectivity index (χ1v) is 18.3. The number of hydrogen-bond acceptors (Lipinski definition) is 3. The first kappa shape index (κ1) is 31.5. The summed E-state index contributed by atoms with van der Waals surface area (Å²) in [6.07, 6.45) is 3.67. The van der Waals surface area contributed by atoms with Gasteiger partial charge in [0.15, 0.2) is 5.82 Å². The van der Waals surface area contributed by atoms with Crippen LogP contribution in [0.4, 0.5) is 0 Å². The normalized spacial score (nSPS) is 11.3. The molecule has 0 aliphatic heterocycles. The minimum absolute atomic E-state index is 0.681. The van der Waals surface area contributed by atoms with Gasteiger partial charge in [0, 0.05) is 29.1 Å². The molecule has 0 fully saturated rings. The van der Waals surface area contributed by atoms with Crippen molar-refractivity contribution in [3.63, 3.8) is 0 Å². The highest BCUT2D eigenvalue weighted by atomic mass is 14.9. The summed E-state index contributed by atoms with van der Waals surface area (Å²) in [4.78, 5) is 14.7. The molecule has 0 aliphatic rings. The summed E-state index contributed by atoms with van der Waals surface area (Å²) in [5.74, 6) is 0.681. The second-order valence-electron chi connectivity index (χ2n) is 13.6. The Morgan fingerprint density at radius 3 is 1.41 bits per heavy atom. The first-order valence-electron chi connectivity index (χ1n) is 18.3. The maximum absolute atomic E-state index is 5.29. The number of aromatic nitrogens is 3. The minimum Gasteiger partial charge on any atom is -0.265 e. The van der Waals surface area contributed by atoms with Crippen molar-refractivity contribution in [3.05, 3.63) is 200 Å². The molecule has 8 aromatic carbocycles. The van der Waals surface area contributed by atoms with Gasteiger partial charge in [0.1, 0.15) is 0 Å². The lowest BCUT2D eigenvalue weighted by Gasteiger charge is -2.16. The van der Waals surface area contributed by atoms with Crippen LogP contribution in [0.3, 0.4) is 0 Å². The lowest BCUT2D eigenvalue weighted by molar-refractivity contribution is 1.18. The van der Waals surface area contributed by atoms with Crippen LogP contribution in [-0.2, 0) is 0 Å². The highest BCUT2D eigenvalue weighted by Crippen LogP contribution is 2.42. The molecule has 2 aromatic heterocycles. The SMILES string of the molecule is c1ccc(-c2cc(-c3ccccc3-c3ccncc3)nc(-c3cccc(-c4cc5c6ccccc6c(-c6ccccc6)cc5c5ccccc45)c3)n2)cc1. The molecule has 10 rings (SSSR count). The van der Waals surface area contributed by atoms with E-state index in [9.17, 15) is 0 Å². The predicted molar refractivity (Wildman–Crippen MR) is 225 cm³/mol. The molecule has 10 aromatic rings. The minimum atomic E-state index is 0.681. The molecule has 3 nitrogen and oxygen atoms in total. The molecule has 0 amide bonds. The first-order chi connectivity index (χ1) is 26.8. The Morgan fingerprint density at radius 1 is 0.259 bits per heavy atom. The number of hydrogen-bond donors (Lipinski definition) is 0. The third kappa shape index (κ3) is 5.60. The Hall–Kier alpha value is -7.23. The summed E-state index contributed by atoms with van der Waals surface area (Å²) < 4.78 is 0. The number of rotatable bonds is 6. The topological polar surface area (TPSA) is 38.7 Å². The molecule has 0 unspecified atom stereocenters. The van der Waals surface area contributed by atoms with Gasteiger partial charge < -0.3 is 0 Å². The van der Waals surface area contributed by atoms with Crippen molar-refractivity contribution in [3.8, 4) is 67.3 Å². The zero-order valence-electron chi connectivity index (χ0n) is 29.4. The highest BCUT2D eigenvalue weighted by molar-refractivity contribution is 6.23. The largest absolute Gasteiger partial charge is 0.265 e. The fraction of sp³-hybridized carbons (Fsp3) is 0. The van der Waals surface area contributed by atoms with Crippen LogP contribution < -0.4 is 0 Å². The molecule has 0 spiro atoms. The van der Waals surface area contributed by atoms with Gasteiger partial charge in [-0.25, -0.2) is 9.97 Å². The standard InChI is InChI=1S/C51H33N3/c1-3-14-34(15-4-1)45-31-47-43-24-11-9-22-41(43)46(32-48(47)42-23-10-8-21-40(42)45)37-18-13-19-38(30-37)51-53-49(36-16-5-2-6-17-36)33-50(54-51)44-25-12-7-20-39(44)35-26-28-52-29-27-35/h1-33H. The van der Waals surface area contributed by atoms with E-state index in [1.165, 1.54) is 49.0 Å². The smallest absolute Gasteiger partial charge is 0.160 e. The Morgan fingerprint density at radius 2 is 0.741 bits per heavy atom. The Bertz CT molecular complexity index is 2970. The maximum Gasteiger partial charge on any atom is 0.160 e. The van der Waals surface area contributed by atoms with Crippen molar-refractivity contribution in [2.45, 2.75) is 0 Å². The van der Waals surface area contributed by atoms with Crippen LogP contribution in [0.5, 0.6) is 0 Å². The fourth-order valence-electron chi connectivity index (χ4n) is 7.83. The molecule has 0 saturated carbocycles. The quantitative estimate of drug-likeness (QED) is 0.163. The zero-order valence-corrected chi connectivity index (χ0v) is 29.4. The van der Waals surface area contributed by atoms with Crippen molar-refractivity contribution in [2.75, 3.05) is 0 Å². The molecule has 0 N–H and O–H groups in total. The van der Waals surface area contributed by atoms with Crippen LogP contribution >= 0.6 is 0 Å². The highest BCUT2D eigenvalue weighted by Gasteiger charge is 2.17. The van der Waals surface area contributed by atoms with Gasteiger partial charge in [-0.3, -0.25) is 4.98 Å². The van der Waals surface area contributed by atoms with Crippen LogP contribution in [0.2, 0.25) is 0 Å². The summed E-state index contributed by atoms with van der Waals surface area (Å²) in [6.45, 7) is 0. The van der Waals surface area contributed by atoms with E-state index in [-0.39, 0.29) is 0 Å². The van der Waals surface area contributed by atoms with Gasteiger partial charge in [-0.15, -0.1) is 0 Å². The van der Waals surface area contributed by atoms with Crippen LogP contribution in [0.15, 0.2) is 200 Å². The maximum atomic E-state index is 5.29. The molecule has 0 aliphatic carbocycles. The number of benzene rings is 8. The molecule has 0 radical (unpaired) electrons. The fourth-order valence-corrected chi connectivity index (χ4v) is 7.83. The van der Waals surface area contributed by atoms with Gasteiger partial charge in [0.25, 0.3) is 0 Å². The van der Waals surface area contributed by atoms with E-state index in [4.69, 9.17) is 9.97 Å². The van der Waals surface area contributed by atoms with E-state index < -0.39 is 0 Å². The molecule has 252 valence electrons. The van der Waals surface area contributed by atoms with Gasteiger partial charge in [-0.05, 0) is 102 Å². The van der Waals surface area contributed by atoms with Gasteiger partial charge in [0.2, 0.25) is 0 Å². The lowest BCUT2D eigenvalue weighted by Crippen LogP contribution is -1.97. The third-order valence-corrected chi connectivity index (χ3v) is 10.4. The summed E-state index contributed by atoms with van der Waals surface area (Å²) in [5.41, 5.74) is 11.8. The van der Waals surface area contributed by atoms with Crippen molar-refractivity contribution < 1.29 is 0 Å². The average Bonchev–Trinajstić information content (AvgIpc) is 3.26. The van der Waals surface area contributed by atoms with Crippen LogP contribution in [0.25, 0.3) is 99.6 Å². The monoisotopic (exact) mass is 687 g/mol. The van der Waals surface area contributed by atoms with Crippen LogP contribution in [0, 0.1) is 0 Å². The summed E-state index contributed by atoms with van der Waals surface area (Å²) in [7, 11) is 0. The Balaban J connectivity index is 1.18. The van der Waals surface area contributed by atoms with Gasteiger partial charge in [-0.2, -0.15) is 0 Å². The van der Waals surface area contributed by atoms with Gasteiger partial charge in [0.05, 0.1) is 11.4 Å². The van der Waals surface area contributed by atoms with E-state index in [1.807, 2.05) is 30.6 Å². The van der Waals surface area contributed by atoms with Crippen molar-refractivity contribution >= 4 is 32.3 Å². The van der Waals surface area contributed by atoms with E-state index in [0.717, 1.165) is 44.8 Å². The van der Waals surface area contributed by atoms with E-state index in [0.29, 0.717) is 5.82 Å². The molecule has 3 heteroatoms. The number of fused-ring (bicyclic) bond motifs is 5. The van der Waals surface area contributed by atoms with E-state index >= 15 is 0 Å². The molecular formula is C51H33N3. The molecule has 54 heavy (non-hydrogen) atoms. The number of pyridine rings is 1. The summed E-state index contributed by atoms with van der Waals surface area (Å²) >= 11 is 0. The Kier molecular flexibility index (Phi) is 7.81. The zero-order chi connectivity index (χ0) is 35.8. The number of nitrogens with zero attached hydrogens (tertiary/aromatic N) is 3. The third-order valence-electron chi connectivity index (χ3n) is 10.4. The molecule has 0 atom stereocenters. The van der Waals surface area contributed by atoms with Crippen molar-refractivity contribution in [1.82, 2.24) is 15.0 Å². The van der Waals surface area contributed by atoms with Crippen molar-refractivity contribution in [2.24, 2.45) is 0 Å². The summed E-state index contributed by atoms with van der Waals surface area (Å²) in [5, 5.41) is 7.42.